The van der Waals surface area contributed by atoms with Gasteiger partial charge < -0.3 is 14.2 Å². The van der Waals surface area contributed by atoms with Gasteiger partial charge in [0.05, 0.1) is 17.6 Å². The van der Waals surface area contributed by atoms with Crippen molar-refractivity contribution in [2.75, 3.05) is 7.11 Å². The van der Waals surface area contributed by atoms with Crippen molar-refractivity contribution in [3.05, 3.63) is 50.9 Å². The molecule has 0 radical (unpaired) electrons. The Balaban J connectivity index is 2.04. The summed E-state index contributed by atoms with van der Waals surface area (Å²) in [6.45, 7) is -3.17. The molecule has 2 aromatic rings. The van der Waals surface area contributed by atoms with Crippen LogP contribution in [0.5, 0.6) is 11.5 Å². The van der Waals surface area contributed by atoms with Crippen molar-refractivity contribution in [2.45, 2.75) is 13.2 Å². The molecule has 1 aromatic heterocycles. The van der Waals surface area contributed by atoms with Crippen LogP contribution in [0, 0.1) is 10.1 Å². The second kappa shape index (κ2) is 7.68. The first-order valence-corrected chi connectivity index (χ1v) is 7.30. The lowest BCUT2D eigenvalue weighted by Gasteiger charge is -2.11. The van der Waals surface area contributed by atoms with Crippen LogP contribution in [0.25, 0.3) is 0 Å². The molecule has 0 saturated carbocycles. The van der Waals surface area contributed by atoms with Crippen LogP contribution in [0.4, 0.5) is 13.8 Å². The maximum absolute atomic E-state index is 12.2. The van der Waals surface area contributed by atoms with Gasteiger partial charge in [0.15, 0.2) is 11.5 Å². The predicted molar refractivity (Wildman–Crippen MR) is 79.7 cm³/mol. The summed E-state index contributed by atoms with van der Waals surface area (Å²) in [5.74, 6) is -0.987. The number of nitro groups is 1. The number of rotatable bonds is 7. The minimum atomic E-state index is -3.02. The van der Waals surface area contributed by atoms with E-state index in [0.717, 1.165) is 17.4 Å². The minimum absolute atomic E-state index is 0.0454. The van der Waals surface area contributed by atoms with Gasteiger partial charge in [0.1, 0.15) is 6.61 Å². The first-order valence-electron chi connectivity index (χ1n) is 6.42. The second-order valence-electron chi connectivity index (χ2n) is 4.37. The summed E-state index contributed by atoms with van der Waals surface area (Å²) < 4.78 is 38.7. The SMILES string of the molecule is COc1cc(C(=O)OCc2csc([N+](=O)[O-])c2)ccc1OC(F)F. The summed E-state index contributed by atoms with van der Waals surface area (Å²) in [5.41, 5.74) is 0.544. The Labute approximate surface area is 138 Å². The first-order chi connectivity index (χ1) is 11.4. The third-order valence-corrected chi connectivity index (χ3v) is 3.73. The molecule has 2 rings (SSSR count). The maximum Gasteiger partial charge on any atom is 0.387 e. The van der Waals surface area contributed by atoms with Crippen LogP contribution in [0.3, 0.4) is 0 Å². The van der Waals surface area contributed by atoms with E-state index in [0.29, 0.717) is 5.56 Å². The van der Waals surface area contributed by atoms with Crippen LogP contribution < -0.4 is 9.47 Å². The van der Waals surface area contributed by atoms with Gasteiger partial charge in [-0.15, -0.1) is 0 Å². The first kappa shape index (κ1) is 17.6. The lowest BCUT2D eigenvalue weighted by Crippen LogP contribution is -2.07. The number of methoxy groups -OCH3 is 1. The van der Waals surface area contributed by atoms with Crippen molar-refractivity contribution < 1.29 is 32.7 Å². The van der Waals surface area contributed by atoms with E-state index >= 15 is 0 Å². The standard InChI is InChI=1S/C14H11F2NO6S/c1-21-11-5-9(2-3-10(11)23-14(15)16)13(18)22-6-8-4-12(17(19)20)24-7-8/h2-5,7,14H,6H2,1H3. The highest BCUT2D eigenvalue weighted by molar-refractivity contribution is 7.13. The molecule has 7 nitrogen and oxygen atoms in total. The number of nitrogens with zero attached hydrogens (tertiary/aromatic N) is 1. The van der Waals surface area contributed by atoms with E-state index in [1.165, 1.54) is 30.7 Å². The fourth-order valence-corrected chi connectivity index (χ4v) is 2.47. The van der Waals surface area contributed by atoms with Gasteiger partial charge in [-0.1, -0.05) is 11.3 Å². The van der Waals surface area contributed by atoms with E-state index in [1.807, 2.05) is 0 Å². The van der Waals surface area contributed by atoms with Crippen molar-refractivity contribution in [1.29, 1.82) is 0 Å². The Kier molecular flexibility index (Phi) is 5.64. The molecule has 0 amide bonds. The molecule has 1 heterocycles. The molecule has 10 heteroatoms. The number of halogens is 2. The molecule has 0 aliphatic carbocycles. The van der Waals surface area contributed by atoms with Gasteiger partial charge in [-0.05, 0) is 18.2 Å². The molecule has 0 spiro atoms. The van der Waals surface area contributed by atoms with E-state index < -0.39 is 17.5 Å². The zero-order valence-corrected chi connectivity index (χ0v) is 13.0. The van der Waals surface area contributed by atoms with Crippen LogP contribution in [-0.2, 0) is 11.3 Å². The monoisotopic (exact) mass is 359 g/mol. The number of esters is 1. The topological polar surface area (TPSA) is 87.9 Å². The van der Waals surface area contributed by atoms with Crippen LogP contribution in [0.2, 0.25) is 0 Å². The van der Waals surface area contributed by atoms with Gasteiger partial charge in [0.25, 0.3) is 0 Å². The number of hydrogen-bond acceptors (Lipinski definition) is 7. The molecule has 0 atom stereocenters. The van der Waals surface area contributed by atoms with Crippen LogP contribution in [-0.4, -0.2) is 24.6 Å². The lowest BCUT2D eigenvalue weighted by atomic mass is 10.2. The molecule has 0 saturated heterocycles. The number of thiophene rings is 1. The number of carbonyl (C=O) groups excluding carboxylic acids is 1. The lowest BCUT2D eigenvalue weighted by molar-refractivity contribution is -0.380. The third-order valence-electron chi connectivity index (χ3n) is 2.81. The summed E-state index contributed by atoms with van der Waals surface area (Å²) in [5, 5.41) is 12.0. The highest BCUT2D eigenvalue weighted by Crippen LogP contribution is 2.30. The van der Waals surface area contributed by atoms with Gasteiger partial charge in [0.2, 0.25) is 0 Å². The summed E-state index contributed by atoms with van der Waals surface area (Å²) in [4.78, 5) is 22.0. The van der Waals surface area contributed by atoms with Gasteiger partial charge in [-0.3, -0.25) is 10.1 Å². The third kappa shape index (κ3) is 4.38. The van der Waals surface area contributed by atoms with Crippen molar-refractivity contribution in [3.8, 4) is 11.5 Å². The zero-order valence-electron chi connectivity index (χ0n) is 12.2. The smallest absolute Gasteiger partial charge is 0.387 e. The van der Waals surface area contributed by atoms with Crippen LogP contribution in [0.15, 0.2) is 29.6 Å². The maximum atomic E-state index is 12.2. The highest BCUT2D eigenvalue weighted by Gasteiger charge is 2.16. The van der Waals surface area contributed by atoms with E-state index in [2.05, 4.69) is 4.74 Å². The largest absolute Gasteiger partial charge is 0.493 e. The van der Waals surface area contributed by atoms with Crippen molar-refractivity contribution in [3.63, 3.8) is 0 Å². The van der Waals surface area contributed by atoms with Gasteiger partial charge in [0, 0.05) is 17.0 Å². The molecule has 128 valence electrons. The van der Waals surface area contributed by atoms with Crippen molar-refractivity contribution >= 4 is 22.3 Å². The quantitative estimate of drug-likeness (QED) is 0.426. The molecule has 0 fully saturated rings. The number of alkyl halides is 2. The molecule has 0 N–H and O–H groups in total. The van der Waals surface area contributed by atoms with E-state index in [4.69, 9.17) is 9.47 Å². The number of hydrogen-bond donors (Lipinski definition) is 0. The van der Waals surface area contributed by atoms with Gasteiger partial charge in [-0.25, -0.2) is 4.79 Å². The summed E-state index contributed by atoms with van der Waals surface area (Å²) >= 11 is 0.921. The number of benzene rings is 1. The molecule has 0 aliphatic heterocycles. The average molecular weight is 359 g/mol. The summed E-state index contributed by atoms with van der Waals surface area (Å²) in [6, 6.07) is 4.92. The van der Waals surface area contributed by atoms with Gasteiger partial charge >= 0.3 is 17.6 Å². The highest BCUT2D eigenvalue weighted by atomic mass is 32.1. The summed E-state index contributed by atoms with van der Waals surface area (Å²) in [7, 11) is 1.24. The van der Waals surface area contributed by atoms with E-state index in [-0.39, 0.29) is 28.7 Å². The minimum Gasteiger partial charge on any atom is -0.493 e. The van der Waals surface area contributed by atoms with E-state index in [1.54, 1.807) is 0 Å². The predicted octanol–water partition coefficient (Wildman–Crippen LogP) is 3.62. The Morgan fingerprint density at radius 2 is 2.08 bits per heavy atom. The molecular weight excluding hydrogens is 348 g/mol. The molecule has 1 aromatic carbocycles. The molecule has 24 heavy (non-hydrogen) atoms. The molecular formula is C14H11F2NO6S. The summed E-state index contributed by atoms with van der Waals surface area (Å²) in [6.07, 6.45) is 0. The fourth-order valence-electron chi connectivity index (χ4n) is 1.75. The Bertz CT molecular complexity index is 749. The molecule has 0 aliphatic rings. The van der Waals surface area contributed by atoms with Crippen molar-refractivity contribution in [1.82, 2.24) is 0 Å². The Morgan fingerprint density at radius 1 is 1.33 bits per heavy atom. The molecule has 0 bridgehead atoms. The Hall–Kier alpha value is -2.75. The van der Waals surface area contributed by atoms with Crippen molar-refractivity contribution in [2.24, 2.45) is 0 Å². The van der Waals surface area contributed by atoms with Gasteiger partial charge in [-0.2, -0.15) is 8.78 Å². The van der Waals surface area contributed by atoms with Crippen LogP contribution >= 0.6 is 11.3 Å². The molecule has 0 unspecified atom stereocenters. The second-order valence-corrected chi connectivity index (χ2v) is 5.26. The normalized spacial score (nSPS) is 10.5. The number of carbonyl (C=O) groups is 1. The Morgan fingerprint density at radius 3 is 2.67 bits per heavy atom. The fraction of sp³-hybridized carbons (Fsp3) is 0.214. The average Bonchev–Trinajstić information content (AvgIpc) is 3.01. The zero-order chi connectivity index (χ0) is 17.7. The van der Waals surface area contributed by atoms with Crippen LogP contribution in [0.1, 0.15) is 15.9 Å². The van der Waals surface area contributed by atoms with E-state index in [9.17, 15) is 23.7 Å². The number of ether oxygens (including phenoxy) is 3.